The van der Waals surface area contributed by atoms with E-state index in [0.717, 1.165) is 5.69 Å². The Labute approximate surface area is 164 Å². The first-order valence-electron chi connectivity index (χ1n) is 9.33. The summed E-state index contributed by atoms with van der Waals surface area (Å²) in [4.78, 5) is 36.0. The second kappa shape index (κ2) is 8.69. The number of nitrogens with one attached hydrogen (secondary N) is 1. The Hall–Kier alpha value is -3.16. The van der Waals surface area contributed by atoms with Gasteiger partial charge in [-0.25, -0.2) is 9.97 Å². The third-order valence-corrected chi connectivity index (χ3v) is 4.41. The van der Waals surface area contributed by atoms with Gasteiger partial charge in [-0.1, -0.05) is 12.1 Å². The van der Waals surface area contributed by atoms with Crippen LogP contribution in [-0.4, -0.2) is 63.9 Å². The summed E-state index contributed by atoms with van der Waals surface area (Å²) in [6.45, 7) is 7.54. The van der Waals surface area contributed by atoms with Crippen molar-refractivity contribution < 1.29 is 14.3 Å². The van der Waals surface area contributed by atoms with Gasteiger partial charge >= 0.3 is 0 Å². The molecular formula is C20H25N5O3. The lowest BCUT2D eigenvalue weighted by Gasteiger charge is -2.34. The van der Waals surface area contributed by atoms with Crippen LogP contribution in [0.15, 0.2) is 36.7 Å². The molecule has 0 saturated carbocycles. The van der Waals surface area contributed by atoms with Crippen LogP contribution in [0.1, 0.15) is 31.3 Å². The number of aromatic nitrogens is 2. The van der Waals surface area contributed by atoms with Crippen LogP contribution in [0.25, 0.3) is 0 Å². The zero-order chi connectivity index (χ0) is 20.1. The molecule has 2 aromatic rings. The smallest absolute Gasteiger partial charge is 0.272 e. The predicted molar refractivity (Wildman–Crippen MR) is 106 cm³/mol. The highest BCUT2D eigenvalue weighted by molar-refractivity contribution is 5.93. The van der Waals surface area contributed by atoms with Gasteiger partial charge in [0.15, 0.2) is 0 Å². The normalized spacial score (nSPS) is 14.1. The fourth-order valence-corrected chi connectivity index (χ4v) is 2.99. The highest BCUT2D eigenvalue weighted by Crippen LogP contribution is 2.27. The Balaban J connectivity index is 1.71. The molecule has 8 nitrogen and oxygen atoms in total. The Morgan fingerprint density at radius 1 is 1.07 bits per heavy atom. The molecule has 0 atom stereocenters. The molecule has 1 saturated heterocycles. The van der Waals surface area contributed by atoms with E-state index < -0.39 is 0 Å². The fourth-order valence-electron chi connectivity index (χ4n) is 2.99. The van der Waals surface area contributed by atoms with Crippen molar-refractivity contribution >= 4 is 23.3 Å². The van der Waals surface area contributed by atoms with E-state index in [1.54, 1.807) is 22.8 Å². The van der Waals surface area contributed by atoms with Gasteiger partial charge in [0.25, 0.3) is 5.91 Å². The summed E-state index contributed by atoms with van der Waals surface area (Å²) < 4.78 is 5.81. The molecule has 0 radical (unpaired) electrons. The Morgan fingerprint density at radius 3 is 2.43 bits per heavy atom. The van der Waals surface area contributed by atoms with Crippen LogP contribution < -0.4 is 10.1 Å². The third kappa shape index (κ3) is 4.76. The number of para-hydroxylation sites is 2. The van der Waals surface area contributed by atoms with Crippen molar-refractivity contribution in [1.29, 1.82) is 0 Å². The predicted octanol–water partition coefficient (Wildman–Crippen LogP) is 2.31. The minimum atomic E-state index is -0.166. The summed E-state index contributed by atoms with van der Waals surface area (Å²) in [5, 5.41) is 3.20. The zero-order valence-corrected chi connectivity index (χ0v) is 16.4. The van der Waals surface area contributed by atoms with Crippen molar-refractivity contribution in [3.05, 3.63) is 42.4 Å². The molecule has 1 aromatic heterocycles. The van der Waals surface area contributed by atoms with Gasteiger partial charge in [0.2, 0.25) is 5.91 Å². The van der Waals surface area contributed by atoms with Gasteiger partial charge in [0, 0.05) is 39.2 Å². The average Bonchev–Trinajstić information content (AvgIpc) is 2.69. The molecule has 1 aliphatic rings. The molecule has 2 amide bonds. The SMILES string of the molecule is CC(=O)N1CCN(C(=O)c2cc(Nc3ccccc3OC(C)C)ncn2)CC1. The van der Waals surface area contributed by atoms with Gasteiger partial charge in [-0.3, -0.25) is 9.59 Å². The molecule has 3 rings (SSSR count). The van der Waals surface area contributed by atoms with E-state index in [-0.39, 0.29) is 17.9 Å². The number of benzene rings is 1. The minimum absolute atomic E-state index is 0.0305. The molecule has 1 fully saturated rings. The van der Waals surface area contributed by atoms with E-state index >= 15 is 0 Å². The summed E-state index contributed by atoms with van der Waals surface area (Å²) in [6.07, 6.45) is 1.41. The number of carbonyl (C=O) groups is 2. The summed E-state index contributed by atoms with van der Waals surface area (Å²) in [7, 11) is 0. The zero-order valence-electron chi connectivity index (χ0n) is 16.4. The van der Waals surface area contributed by atoms with Crippen LogP contribution >= 0.6 is 0 Å². The Bertz CT molecular complexity index is 847. The number of rotatable bonds is 5. The van der Waals surface area contributed by atoms with Crippen molar-refractivity contribution in [2.75, 3.05) is 31.5 Å². The number of piperazine rings is 1. The number of hydrogen-bond donors (Lipinski definition) is 1. The highest BCUT2D eigenvalue weighted by Gasteiger charge is 2.24. The molecule has 0 unspecified atom stereocenters. The summed E-state index contributed by atoms with van der Waals surface area (Å²) in [6, 6.07) is 9.20. The standard InChI is InChI=1S/C20H25N5O3/c1-14(2)28-18-7-5-4-6-16(18)23-19-12-17(21-13-22-19)20(27)25-10-8-24(9-11-25)15(3)26/h4-7,12-14H,8-11H2,1-3H3,(H,21,22,23). The molecule has 1 N–H and O–H groups in total. The van der Waals surface area contributed by atoms with E-state index in [4.69, 9.17) is 4.74 Å². The van der Waals surface area contributed by atoms with E-state index in [2.05, 4.69) is 15.3 Å². The molecule has 2 heterocycles. The molecule has 1 aromatic carbocycles. The maximum atomic E-state index is 12.8. The highest BCUT2D eigenvalue weighted by atomic mass is 16.5. The molecular weight excluding hydrogens is 358 g/mol. The summed E-state index contributed by atoms with van der Waals surface area (Å²) in [5.74, 6) is 1.09. The van der Waals surface area contributed by atoms with Crippen molar-refractivity contribution in [3.8, 4) is 5.75 Å². The van der Waals surface area contributed by atoms with Gasteiger partial charge < -0.3 is 19.9 Å². The molecule has 8 heteroatoms. The maximum Gasteiger partial charge on any atom is 0.272 e. The first-order valence-corrected chi connectivity index (χ1v) is 9.33. The van der Waals surface area contributed by atoms with Gasteiger partial charge in [-0.2, -0.15) is 0 Å². The molecule has 148 valence electrons. The Morgan fingerprint density at radius 2 is 1.75 bits per heavy atom. The summed E-state index contributed by atoms with van der Waals surface area (Å²) in [5.41, 5.74) is 1.08. The first kappa shape index (κ1) is 19.6. The van der Waals surface area contributed by atoms with Crippen LogP contribution in [0.2, 0.25) is 0 Å². The van der Waals surface area contributed by atoms with Gasteiger partial charge in [-0.05, 0) is 26.0 Å². The van der Waals surface area contributed by atoms with Crippen molar-refractivity contribution in [1.82, 2.24) is 19.8 Å². The van der Waals surface area contributed by atoms with Crippen LogP contribution in [0.4, 0.5) is 11.5 Å². The monoisotopic (exact) mass is 383 g/mol. The van der Waals surface area contributed by atoms with Crippen LogP contribution in [0.5, 0.6) is 5.75 Å². The fraction of sp³-hybridized carbons (Fsp3) is 0.400. The molecule has 0 bridgehead atoms. The topological polar surface area (TPSA) is 87.7 Å². The van der Waals surface area contributed by atoms with Gasteiger partial charge in [-0.15, -0.1) is 0 Å². The quantitative estimate of drug-likeness (QED) is 0.853. The number of amides is 2. The average molecular weight is 383 g/mol. The van der Waals surface area contributed by atoms with Crippen molar-refractivity contribution in [3.63, 3.8) is 0 Å². The second-order valence-corrected chi connectivity index (χ2v) is 6.87. The molecule has 28 heavy (non-hydrogen) atoms. The number of ether oxygens (including phenoxy) is 1. The molecule has 0 spiro atoms. The van der Waals surface area contributed by atoms with Crippen LogP contribution in [0, 0.1) is 0 Å². The van der Waals surface area contributed by atoms with Gasteiger partial charge in [0.1, 0.15) is 23.6 Å². The lowest BCUT2D eigenvalue weighted by molar-refractivity contribution is -0.130. The van der Waals surface area contributed by atoms with E-state index in [0.29, 0.717) is 43.4 Å². The van der Waals surface area contributed by atoms with E-state index in [1.807, 2.05) is 38.1 Å². The summed E-state index contributed by atoms with van der Waals surface area (Å²) >= 11 is 0. The number of hydrogen-bond acceptors (Lipinski definition) is 6. The van der Waals surface area contributed by atoms with Crippen molar-refractivity contribution in [2.24, 2.45) is 0 Å². The lowest BCUT2D eigenvalue weighted by atomic mass is 10.2. The van der Waals surface area contributed by atoms with Gasteiger partial charge in [0.05, 0.1) is 11.8 Å². The second-order valence-electron chi connectivity index (χ2n) is 6.87. The van der Waals surface area contributed by atoms with Crippen LogP contribution in [-0.2, 0) is 4.79 Å². The number of anilines is 2. The van der Waals surface area contributed by atoms with Crippen molar-refractivity contribution in [2.45, 2.75) is 26.9 Å². The number of carbonyl (C=O) groups excluding carboxylic acids is 2. The Kier molecular flexibility index (Phi) is 6.08. The maximum absolute atomic E-state index is 12.8. The minimum Gasteiger partial charge on any atom is -0.489 e. The van der Waals surface area contributed by atoms with Crippen LogP contribution in [0.3, 0.4) is 0 Å². The lowest BCUT2D eigenvalue weighted by Crippen LogP contribution is -2.50. The number of nitrogens with zero attached hydrogens (tertiary/aromatic N) is 4. The third-order valence-electron chi connectivity index (χ3n) is 4.41. The van der Waals surface area contributed by atoms with E-state index in [9.17, 15) is 9.59 Å². The largest absolute Gasteiger partial charge is 0.489 e. The van der Waals surface area contributed by atoms with E-state index in [1.165, 1.54) is 6.33 Å². The first-order chi connectivity index (χ1) is 13.4. The molecule has 1 aliphatic heterocycles. The molecule has 0 aliphatic carbocycles.